The van der Waals surface area contributed by atoms with Crippen LogP contribution in [0.15, 0.2) is 42.6 Å². The molecule has 0 saturated carbocycles. The average molecular weight is 289 g/mol. The number of amidine groups is 1. The van der Waals surface area contributed by atoms with Gasteiger partial charge >= 0.3 is 0 Å². The summed E-state index contributed by atoms with van der Waals surface area (Å²) >= 11 is 0. The molecule has 0 aliphatic rings. The fourth-order valence-electron chi connectivity index (χ4n) is 2.12. The molecule has 0 radical (unpaired) electrons. The molecule has 0 spiro atoms. The van der Waals surface area contributed by atoms with Crippen molar-refractivity contribution in [3.05, 3.63) is 53.8 Å². The molecule has 21 heavy (non-hydrogen) atoms. The molecule has 0 saturated heterocycles. The quantitative estimate of drug-likeness (QED) is 0.369. The number of allylic oxidation sites excluding steroid dienone is 3. The Kier molecular flexibility index (Phi) is 5.30. The molecular formula is C17H24FN3. The van der Waals surface area contributed by atoms with Crippen LogP contribution in [0.3, 0.4) is 0 Å². The van der Waals surface area contributed by atoms with E-state index in [1.54, 1.807) is 24.3 Å². The van der Waals surface area contributed by atoms with Gasteiger partial charge in [0.05, 0.1) is 0 Å². The molecule has 1 rings (SSSR count). The zero-order valence-electron chi connectivity index (χ0n) is 13.2. The fourth-order valence-corrected chi connectivity index (χ4v) is 2.12. The molecule has 0 bridgehead atoms. The maximum absolute atomic E-state index is 14.1. The van der Waals surface area contributed by atoms with E-state index in [1.165, 1.54) is 13.8 Å². The Bertz CT molecular complexity index is 568. The van der Waals surface area contributed by atoms with Gasteiger partial charge in [-0.05, 0) is 51.5 Å². The van der Waals surface area contributed by atoms with E-state index in [0.717, 1.165) is 5.70 Å². The van der Waals surface area contributed by atoms with Gasteiger partial charge in [-0.2, -0.15) is 0 Å². The van der Waals surface area contributed by atoms with Crippen LogP contribution < -0.4 is 5.73 Å². The van der Waals surface area contributed by atoms with Gasteiger partial charge in [-0.1, -0.05) is 18.7 Å². The third-order valence-corrected chi connectivity index (χ3v) is 3.37. The van der Waals surface area contributed by atoms with Crippen molar-refractivity contribution in [2.45, 2.75) is 33.4 Å². The lowest BCUT2D eigenvalue weighted by atomic mass is 9.96. The average Bonchev–Trinajstić information content (AvgIpc) is 2.38. The number of nitrogens with two attached hydrogens (primary N) is 1. The molecule has 1 aromatic carbocycles. The summed E-state index contributed by atoms with van der Waals surface area (Å²) in [7, 11) is 0. The predicted molar refractivity (Wildman–Crippen MR) is 88.2 cm³/mol. The molecule has 0 aliphatic carbocycles. The Balaban J connectivity index is 3.28. The van der Waals surface area contributed by atoms with Crippen LogP contribution in [0.1, 0.15) is 38.8 Å². The van der Waals surface area contributed by atoms with Crippen LogP contribution in [-0.4, -0.2) is 17.3 Å². The predicted octanol–water partition coefficient (Wildman–Crippen LogP) is 4.21. The molecule has 3 nitrogen and oxygen atoms in total. The lowest BCUT2D eigenvalue weighted by molar-refractivity contribution is 0.221. The van der Waals surface area contributed by atoms with Crippen molar-refractivity contribution in [2.75, 3.05) is 12.3 Å². The first-order chi connectivity index (χ1) is 9.72. The van der Waals surface area contributed by atoms with Crippen LogP contribution in [-0.2, 0) is 5.67 Å². The molecule has 114 valence electrons. The molecule has 0 unspecified atom stereocenters. The van der Waals surface area contributed by atoms with Crippen molar-refractivity contribution in [1.82, 2.24) is 4.90 Å². The summed E-state index contributed by atoms with van der Waals surface area (Å²) in [4.78, 5) is 1.81. The van der Waals surface area contributed by atoms with E-state index in [2.05, 4.69) is 6.58 Å². The SMILES string of the molecule is C=C/C=C(/C)N(CC)C(=N)c1cc(C(C)(C)F)ccc1N. The minimum absolute atomic E-state index is 0.261. The van der Waals surface area contributed by atoms with E-state index in [0.29, 0.717) is 23.4 Å². The van der Waals surface area contributed by atoms with Gasteiger partial charge in [-0.25, -0.2) is 4.39 Å². The van der Waals surface area contributed by atoms with Gasteiger partial charge in [0.25, 0.3) is 0 Å². The zero-order chi connectivity index (χ0) is 16.2. The van der Waals surface area contributed by atoms with Crippen molar-refractivity contribution in [1.29, 1.82) is 5.41 Å². The Morgan fingerprint density at radius 2 is 2.10 bits per heavy atom. The number of anilines is 1. The van der Waals surface area contributed by atoms with Gasteiger partial charge < -0.3 is 10.6 Å². The Morgan fingerprint density at radius 1 is 1.48 bits per heavy atom. The molecule has 0 amide bonds. The first-order valence-corrected chi connectivity index (χ1v) is 6.97. The van der Waals surface area contributed by atoms with Crippen molar-refractivity contribution in [3.63, 3.8) is 0 Å². The second kappa shape index (κ2) is 6.57. The monoisotopic (exact) mass is 289 g/mol. The zero-order valence-corrected chi connectivity index (χ0v) is 13.2. The fraction of sp³-hybridized carbons (Fsp3) is 0.353. The van der Waals surface area contributed by atoms with Crippen molar-refractivity contribution < 1.29 is 4.39 Å². The molecule has 0 aromatic heterocycles. The van der Waals surface area contributed by atoms with Gasteiger partial charge in [0.2, 0.25) is 0 Å². The minimum Gasteiger partial charge on any atom is -0.398 e. The molecule has 3 N–H and O–H groups in total. The summed E-state index contributed by atoms with van der Waals surface area (Å²) in [5, 5.41) is 8.39. The minimum atomic E-state index is -1.47. The Labute approximate surface area is 126 Å². The summed E-state index contributed by atoms with van der Waals surface area (Å²) in [5.74, 6) is 0.261. The summed E-state index contributed by atoms with van der Waals surface area (Å²) in [5.41, 5.74) is 6.92. The highest BCUT2D eigenvalue weighted by atomic mass is 19.1. The first-order valence-electron chi connectivity index (χ1n) is 6.97. The maximum atomic E-state index is 14.1. The second-order valence-corrected chi connectivity index (χ2v) is 5.41. The van der Waals surface area contributed by atoms with Gasteiger partial charge in [0.15, 0.2) is 0 Å². The van der Waals surface area contributed by atoms with Crippen LogP contribution in [0.4, 0.5) is 10.1 Å². The van der Waals surface area contributed by atoms with E-state index in [-0.39, 0.29) is 5.84 Å². The topological polar surface area (TPSA) is 53.1 Å². The number of hydrogen-bond acceptors (Lipinski definition) is 2. The molecule has 0 aliphatic heterocycles. The molecule has 1 aromatic rings. The molecule has 0 atom stereocenters. The van der Waals surface area contributed by atoms with Crippen LogP contribution in [0.2, 0.25) is 0 Å². The Morgan fingerprint density at radius 3 is 2.57 bits per heavy atom. The number of rotatable bonds is 5. The Hall–Kier alpha value is -2.10. The number of halogens is 1. The van der Waals surface area contributed by atoms with Crippen LogP contribution >= 0.6 is 0 Å². The lowest BCUT2D eigenvalue weighted by Gasteiger charge is -2.26. The summed E-state index contributed by atoms with van der Waals surface area (Å²) in [6, 6.07) is 4.97. The van der Waals surface area contributed by atoms with Crippen molar-refractivity contribution in [3.8, 4) is 0 Å². The van der Waals surface area contributed by atoms with Gasteiger partial charge in [0.1, 0.15) is 11.5 Å². The summed E-state index contributed by atoms with van der Waals surface area (Å²) in [6.07, 6.45) is 3.51. The third kappa shape index (κ3) is 3.94. The van der Waals surface area contributed by atoms with Crippen molar-refractivity contribution in [2.24, 2.45) is 0 Å². The molecule has 0 heterocycles. The third-order valence-electron chi connectivity index (χ3n) is 3.37. The standard InChI is InChI=1S/C17H24FN3/c1-6-8-12(3)21(7-2)16(20)14-11-13(17(4,5)18)9-10-15(14)19/h6,8-11,20H,1,7,19H2,2-5H3/b12-8-,20-16?. The van der Waals surface area contributed by atoms with Gasteiger partial charge in [0, 0.05) is 23.5 Å². The number of benzene rings is 1. The lowest BCUT2D eigenvalue weighted by Crippen LogP contribution is -2.30. The van der Waals surface area contributed by atoms with Crippen LogP contribution in [0.25, 0.3) is 0 Å². The first kappa shape index (κ1) is 17.0. The van der Waals surface area contributed by atoms with Crippen molar-refractivity contribution >= 4 is 11.5 Å². The number of alkyl halides is 1. The highest BCUT2D eigenvalue weighted by Crippen LogP contribution is 2.28. The summed E-state index contributed by atoms with van der Waals surface area (Å²) in [6.45, 7) is 11.1. The summed E-state index contributed by atoms with van der Waals surface area (Å²) < 4.78 is 14.1. The van der Waals surface area contributed by atoms with E-state index in [9.17, 15) is 4.39 Å². The smallest absolute Gasteiger partial charge is 0.134 e. The highest BCUT2D eigenvalue weighted by Gasteiger charge is 2.22. The second-order valence-electron chi connectivity index (χ2n) is 5.41. The largest absolute Gasteiger partial charge is 0.398 e. The molecular weight excluding hydrogens is 265 g/mol. The van der Waals surface area contributed by atoms with Crippen LogP contribution in [0, 0.1) is 5.41 Å². The van der Waals surface area contributed by atoms with E-state index < -0.39 is 5.67 Å². The molecule has 0 fully saturated rings. The number of nitrogens with zero attached hydrogens (tertiary/aromatic N) is 1. The van der Waals surface area contributed by atoms with E-state index in [4.69, 9.17) is 11.1 Å². The maximum Gasteiger partial charge on any atom is 0.134 e. The van der Waals surface area contributed by atoms with Crippen LogP contribution in [0.5, 0.6) is 0 Å². The number of hydrogen-bond donors (Lipinski definition) is 2. The normalized spacial score (nSPS) is 12.1. The van der Waals surface area contributed by atoms with Gasteiger partial charge in [-0.3, -0.25) is 5.41 Å². The number of nitrogens with one attached hydrogen (secondary N) is 1. The van der Waals surface area contributed by atoms with E-state index >= 15 is 0 Å². The molecule has 4 heteroatoms. The highest BCUT2D eigenvalue weighted by molar-refractivity contribution is 6.02. The van der Waals surface area contributed by atoms with Gasteiger partial charge in [-0.15, -0.1) is 0 Å². The number of nitrogen functional groups attached to an aromatic ring is 1. The van der Waals surface area contributed by atoms with E-state index in [1.807, 2.05) is 24.8 Å².